The average Bonchev–Trinajstić information content (AvgIpc) is 2.82. The van der Waals surface area contributed by atoms with Gasteiger partial charge in [0.25, 0.3) is 0 Å². The lowest BCUT2D eigenvalue weighted by Crippen LogP contribution is -2.51. The molecule has 0 heterocycles. The van der Waals surface area contributed by atoms with Gasteiger partial charge in [0, 0.05) is 12.1 Å². The number of rotatable bonds is 7. The van der Waals surface area contributed by atoms with Gasteiger partial charge in [-0.05, 0) is 31.6 Å². The highest BCUT2D eigenvalue weighted by Gasteiger charge is 2.33. The zero-order valence-electron chi connectivity index (χ0n) is 12.9. The van der Waals surface area contributed by atoms with Crippen LogP contribution < -0.4 is 10.6 Å². The van der Waals surface area contributed by atoms with E-state index in [0.29, 0.717) is 12.3 Å². The van der Waals surface area contributed by atoms with E-state index in [1.165, 1.54) is 0 Å². The van der Waals surface area contributed by atoms with Gasteiger partial charge in [-0.25, -0.2) is 4.79 Å². The van der Waals surface area contributed by atoms with Gasteiger partial charge in [0.1, 0.15) is 0 Å². The van der Waals surface area contributed by atoms with Crippen molar-refractivity contribution in [3.63, 3.8) is 0 Å². The fourth-order valence-corrected chi connectivity index (χ4v) is 2.96. The maximum Gasteiger partial charge on any atom is 0.315 e. The molecule has 0 bridgehead atoms. The van der Waals surface area contributed by atoms with Gasteiger partial charge in [0.15, 0.2) is 0 Å². The summed E-state index contributed by atoms with van der Waals surface area (Å²) < 4.78 is 0. The van der Waals surface area contributed by atoms with Crippen molar-refractivity contribution in [2.24, 2.45) is 11.8 Å². The standard InChI is InChI=1S/C15H28N2O3/c1-4-15(7-5-6-8-15)17-14(20)16-10-12(13(18)19)9-11(2)3/h11-12H,4-10H2,1-3H3,(H,18,19)(H2,16,17,20). The van der Waals surface area contributed by atoms with E-state index in [-0.39, 0.29) is 18.1 Å². The molecule has 0 radical (unpaired) electrons. The van der Waals surface area contributed by atoms with Gasteiger partial charge in [-0.2, -0.15) is 0 Å². The van der Waals surface area contributed by atoms with Gasteiger partial charge in [-0.15, -0.1) is 0 Å². The second kappa shape index (κ2) is 7.50. The summed E-state index contributed by atoms with van der Waals surface area (Å²) in [5.41, 5.74) is -0.0825. The first-order chi connectivity index (χ1) is 9.38. The number of carboxylic acid groups (broad SMARTS) is 1. The van der Waals surface area contributed by atoms with Crippen LogP contribution in [0, 0.1) is 11.8 Å². The molecule has 3 N–H and O–H groups in total. The van der Waals surface area contributed by atoms with Crippen LogP contribution in [0.4, 0.5) is 4.79 Å². The van der Waals surface area contributed by atoms with Gasteiger partial charge in [-0.1, -0.05) is 33.6 Å². The Morgan fingerprint density at radius 2 is 1.85 bits per heavy atom. The van der Waals surface area contributed by atoms with Crippen LogP contribution in [0.5, 0.6) is 0 Å². The predicted octanol–water partition coefficient (Wildman–Crippen LogP) is 2.76. The summed E-state index contributed by atoms with van der Waals surface area (Å²) in [6, 6.07) is -0.233. The molecule has 1 unspecified atom stereocenters. The summed E-state index contributed by atoms with van der Waals surface area (Å²) in [5, 5.41) is 14.9. The molecule has 1 saturated carbocycles. The molecule has 1 rings (SSSR count). The van der Waals surface area contributed by atoms with E-state index in [4.69, 9.17) is 5.11 Å². The fourth-order valence-electron chi connectivity index (χ4n) is 2.96. The Kier molecular flexibility index (Phi) is 6.30. The van der Waals surface area contributed by atoms with Crippen molar-refractivity contribution in [2.75, 3.05) is 6.54 Å². The molecule has 5 heteroatoms. The Hall–Kier alpha value is -1.26. The summed E-state index contributed by atoms with van der Waals surface area (Å²) in [6.45, 7) is 6.25. The minimum Gasteiger partial charge on any atom is -0.481 e. The lowest BCUT2D eigenvalue weighted by atomic mass is 9.94. The van der Waals surface area contributed by atoms with E-state index in [1.54, 1.807) is 0 Å². The molecule has 0 aromatic heterocycles. The maximum atomic E-state index is 12.0. The van der Waals surface area contributed by atoms with Crippen LogP contribution >= 0.6 is 0 Å². The molecule has 2 amide bonds. The van der Waals surface area contributed by atoms with Crippen LogP contribution in [0.15, 0.2) is 0 Å². The van der Waals surface area contributed by atoms with Crippen molar-refractivity contribution >= 4 is 12.0 Å². The van der Waals surface area contributed by atoms with Crippen molar-refractivity contribution in [3.05, 3.63) is 0 Å². The van der Waals surface area contributed by atoms with E-state index < -0.39 is 11.9 Å². The molecule has 1 fully saturated rings. The zero-order valence-corrected chi connectivity index (χ0v) is 12.9. The first kappa shape index (κ1) is 16.8. The summed E-state index contributed by atoms with van der Waals surface area (Å²) in [5.74, 6) is -1.05. The molecule has 20 heavy (non-hydrogen) atoms. The van der Waals surface area contributed by atoms with Crippen LogP contribution in [0.1, 0.15) is 59.3 Å². The molecule has 5 nitrogen and oxygen atoms in total. The van der Waals surface area contributed by atoms with Gasteiger partial charge >= 0.3 is 12.0 Å². The quantitative estimate of drug-likeness (QED) is 0.672. The second-order valence-electron chi connectivity index (χ2n) is 6.34. The molecule has 0 aliphatic heterocycles. The lowest BCUT2D eigenvalue weighted by Gasteiger charge is -2.29. The summed E-state index contributed by atoms with van der Waals surface area (Å²) in [6.07, 6.45) is 5.85. The van der Waals surface area contributed by atoms with Crippen molar-refractivity contribution in [2.45, 2.75) is 64.8 Å². The van der Waals surface area contributed by atoms with E-state index in [1.807, 2.05) is 13.8 Å². The Morgan fingerprint density at radius 3 is 2.30 bits per heavy atom. The third-order valence-corrected chi connectivity index (χ3v) is 4.23. The summed E-state index contributed by atoms with van der Waals surface area (Å²) >= 11 is 0. The van der Waals surface area contributed by atoms with Crippen molar-refractivity contribution in [3.8, 4) is 0 Å². The normalized spacial score (nSPS) is 18.8. The molecule has 0 aromatic rings. The van der Waals surface area contributed by atoms with Gasteiger partial charge in [0.05, 0.1) is 5.92 Å². The van der Waals surface area contributed by atoms with E-state index >= 15 is 0 Å². The highest BCUT2D eigenvalue weighted by atomic mass is 16.4. The number of nitrogens with one attached hydrogen (secondary N) is 2. The Morgan fingerprint density at radius 1 is 1.25 bits per heavy atom. The number of amides is 2. The summed E-state index contributed by atoms with van der Waals surface area (Å²) in [4.78, 5) is 23.1. The minimum atomic E-state index is -0.843. The smallest absolute Gasteiger partial charge is 0.315 e. The fraction of sp³-hybridized carbons (Fsp3) is 0.867. The Bertz CT molecular complexity index is 336. The van der Waals surface area contributed by atoms with E-state index in [0.717, 1.165) is 32.1 Å². The van der Waals surface area contributed by atoms with Gasteiger partial charge < -0.3 is 15.7 Å². The molecule has 116 valence electrons. The van der Waals surface area contributed by atoms with Gasteiger partial charge in [-0.3, -0.25) is 4.79 Å². The minimum absolute atomic E-state index is 0.0825. The zero-order chi connectivity index (χ0) is 15.2. The first-order valence-corrected chi connectivity index (χ1v) is 7.67. The third kappa shape index (κ3) is 5.02. The average molecular weight is 284 g/mol. The van der Waals surface area contributed by atoms with E-state index in [9.17, 15) is 9.59 Å². The summed E-state index contributed by atoms with van der Waals surface area (Å²) in [7, 11) is 0. The SMILES string of the molecule is CCC1(NC(=O)NCC(CC(C)C)C(=O)O)CCCC1. The predicted molar refractivity (Wildman–Crippen MR) is 78.6 cm³/mol. The molecule has 0 saturated heterocycles. The maximum absolute atomic E-state index is 12.0. The largest absolute Gasteiger partial charge is 0.481 e. The number of carbonyl (C=O) groups excluding carboxylic acids is 1. The van der Waals surface area contributed by atoms with Crippen LogP contribution in [0.2, 0.25) is 0 Å². The van der Waals surface area contributed by atoms with Gasteiger partial charge in [0.2, 0.25) is 0 Å². The lowest BCUT2D eigenvalue weighted by molar-refractivity contribution is -0.142. The number of aliphatic carboxylic acids is 1. The molecule has 0 spiro atoms. The number of carbonyl (C=O) groups is 2. The number of hydrogen-bond acceptors (Lipinski definition) is 2. The number of urea groups is 1. The number of carboxylic acids is 1. The molecular formula is C15H28N2O3. The topological polar surface area (TPSA) is 78.4 Å². The molecule has 1 atom stereocenters. The van der Waals surface area contributed by atoms with Crippen LogP contribution in [-0.4, -0.2) is 29.2 Å². The molecule has 1 aliphatic carbocycles. The monoisotopic (exact) mass is 284 g/mol. The highest BCUT2D eigenvalue weighted by Crippen LogP contribution is 2.32. The van der Waals surface area contributed by atoms with Crippen molar-refractivity contribution < 1.29 is 14.7 Å². The Labute approximate surface area is 121 Å². The van der Waals surface area contributed by atoms with Crippen molar-refractivity contribution in [1.29, 1.82) is 0 Å². The van der Waals surface area contributed by atoms with Crippen LogP contribution in [0.25, 0.3) is 0 Å². The number of hydrogen-bond donors (Lipinski definition) is 3. The third-order valence-electron chi connectivity index (χ3n) is 4.23. The second-order valence-corrected chi connectivity index (χ2v) is 6.34. The molecule has 1 aliphatic rings. The molecule has 0 aromatic carbocycles. The highest BCUT2D eigenvalue weighted by molar-refractivity contribution is 5.76. The van der Waals surface area contributed by atoms with E-state index in [2.05, 4.69) is 17.6 Å². The van der Waals surface area contributed by atoms with Crippen LogP contribution in [0.3, 0.4) is 0 Å². The van der Waals surface area contributed by atoms with Crippen LogP contribution in [-0.2, 0) is 4.79 Å². The molecular weight excluding hydrogens is 256 g/mol. The first-order valence-electron chi connectivity index (χ1n) is 7.67. The van der Waals surface area contributed by atoms with Crippen molar-refractivity contribution in [1.82, 2.24) is 10.6 Å². The Balaban J connectivity index is 2.43.